The fourth-order valence-corrected chi connectivity index (χ4v) is 1.72. The number of hydrogen-bond donors (Lipinski definition) is 2. The number of aliphatic hydroxyl groups is 1. The Morgan fingerprint density at radius 2 is 1.89 bits per heavy atom. The van der Waals surface area contributed by atoms with Crippen molar-refractivity contribution in [3.8, 4) is 5.75 Å². The summed E-state index contributed by atoms with van der Waals surface area (Å²) in [7, 11) is 5.70. The molecule has 0 amide bonds. The summed E-state index contributed by atoms with van der Waals surface area (Å²) in [5.74, 6) is 0.805. The second-order valence-electron chi connectivity index (χ2n) is 4.76. The van der Waals surface area contributed by atoms with E-state index in [0.717, 1.165) is 24.4 Å². The van der Waals surface area contributed by atoms with Gasteiger partial charge in [0.2, 0.25) is 0 Å². The van der Waals surface area contributed by atoms with Gasteiger partial charge in [-0.25, -0.2) is 0 Å². The van der Waals surface area contributed by atoms with E-state index < -0.39 is 6.10 Å². The molecule has 0 radical (unpaired) electrons. The van der Waals surface area contributed by atoms with E-state index in [1.165, 1.54) is 0 Å². The van der Waals surface area contributed by atoms with Crippen molar-refractivity contribution in [3.63, 3.8) is 0 Å². The normalized spacial score (nSPS) is 14.6. The molecule has 0 fully saturated rings. The first-order valence-corrected chi connectivity index (χ1v) is 6.24. The van der Waals surface area contributed by atoms with Crippen molar-refractivity contribution in [2.24, 2.45) is 0 Å². The van der Waals surface area contributed by atoms with Gasteiger partial charge in [-0.15, -0.1) is 0 Å². The molecule has 2 unspecified atom stereocenters. The molecule has 102 valence electrons. The van der Waals surface area contributed by atoms with E-state index in [-0.39, 0.29) is 6.04 Å². The first-order valence-electron chi connectivity index (χ1n) is 6.24. The van der Waals surface area contributed by atoms with E-state index in [9.17, 15) is 5.11 Å². The minimum atomic E-state index is -0.502. The van der Waals surface area contributed by atoms with Gasteiger partial charge in [-0.1, -0.05) is 12.1 Å². The van der Waals surface area contributed by atoms with Crippen LogP contribution in [0, 0.1) is 0 Å². The summed E-state index contributed by atoms with van der Waals surface area (Å²) in [6, 6.07) is 7.55. The SMILES string of the molecule is COc1ccc(C(O)C(C)NCCN(C)C)cc1. The van der Waals surface area contributed by atoms with Crippen LogP contribution in [0.4, 0.5) is 0 Å². The van der Waals surface area contributed by atoms with Crippen LogP contribution < -0.4 is 10.1 Å². The van der Waals surface area contributed by atoms with E-state index >= 15 is 0 Å². The topological polar surface area (TPSA) is 44.7 Å². The lowest BCUT2D eigenvalue weighted by Gasteiger charge is -2.22. The lowest BCUT2D eigenvalue weighted by molar-refractivity contribution is 0.135. The van der Waals surface area contributed by atoms with Crippen molar-refractivity contribution in [2.75, 3.05) is 34.3 Å². The average molecular weight is 252 g/mol. The van der Waals surface area contributed by atoms with Gasteiger partial charge < -0.3 is 20.1 Å². The number of hydrogen-bond acceptors (Lipinski definition) is 4. The maximum absolute atomic E-state index is 10.2. The van der Waals surface area contributed by atoms with Crippen LogP contribution in [0.2, 0.25) is 0 Å². The lowest BCUT2D eigenvalue weighted by atomic mass is 10.0. The van der Waals surface area contributed by atoms with Crippen molar-refractivity contribution in [2.45, 2.75) is 19.1 Å². The number of aliphatic hydroxyl groups excluding tert-OH is 1. The zero-order valence-corrected chi connectivity index (χ0v) is 11.7. The number of likely N-dealkylation sites (N-methyl/N-ethyl adjacent to an activating group) is 1. The lowest BCUT2D eigenvalue weighted by Crippen LogP contribution is -2.36. The number of rotatable bonds is 7. The number of benzene rings is 1. The quantitative estimate of drug-likeness (QED) is 0.767. The Labute approximate surface area is 110 Å². The van der Waals surface area contributed by atoms with Crippen molar-refractivity contribution in [3.05, 3.63) is 29.8 Å². The minimum absolute atomic E-state index is 0.0262. The molecule has 4 heteroatoms. The Morgan fingerprint density at radius 1 is 1.28 bits per heavy atom. The summed E-state index contributed by atoms with van der Waals surface area (Å²) in [6.45, 7) is 3.81. The van der Waals surface area contributed by atoms with Gasteiger partial charge >= 0.3 is 0 Å². The van der Waals surface area contributed by atoms with Crippen LogP contribution in [-0.4, -0.2) is 50.3 Å². The fourth-order valence-electron chi connectivity index (χ4n) is 1.72. The maximum atomic E-state index is 10.2. The average Bonchev–Trinajstić information content (AvgIpc) is 2.37. The van der Waals surface area contributed by atoms with Gasteiger partial charge in [-0.3, -0.25) is 0 Å². The van der Waals surface area contributed by atoms with Gasteiger partial charge in [0.15, 0.2) is 0 Å². The van der Waals surface area contributed by atoms with Crippen LogP contribution in [0.25, 0.3) is 0 Å². The van der Waals surface area contributed by atoms with Gasteiger partial charge in [-0.05, 0) is 38.7 Å². The monoisotopic (exact) mass is 252 g/mol. The summed E-state index contributed by atoms with van der Waals surface area (Å²) in [6.07, 6.45) is -0.502. The van der Waals surface area contributed by atoms with Gasteiger partial charge in [-0.2, -0.15) is 0 Å². The van der Waals surface area contributed by atoms with E-state index in [2.05, 4.69) is 10.2 Å². The third kappa shape index (κ3) is 4.64. The Hall–Kier alpha value is -1.10. The van der Waals surface area contributed by atoms with Crippen LogP contribution in [-0.2, 0) is 0 Å². The Bertz CT molecular complexity index is 338. The molecule has 1 aromatic carbocycles. The molecule has 2 atom stereocenters. The highest BCUT2D eigenvalue weighted by molar-refractivity contribution is 5.28. The van der Waals surface area contributed by atoms with Crippen molar-refractivity contribution in [1.29, 1.82) is 0 Å². The van der Waals surface area contributed by atoms with Crippen LogP contribution in [0.1, 0.15) is 18.6 Å². The molecule has 0 aliphatic heterocycles. The predicted molar refractivity (Wildman–Crippen MR) is 74.0 cm³/mol. The third-order valence-electron chi connectivity index (χ3n) is 2.96. The first-order chi connectivity index (χ1) is 8.54. The minimum Gasteiger partial charge on any atom is -0.497 e. The highest BCUT2D eigenvalue weighted by Gasteiger charge is 2.15. The third-order valence-corrected chi connectivity index (χ3v) is 2.96. The van der Waals surface area contributed by atoms with Crippen molar-refractivity contribution < 1.29 is 9.84 Å². The molecular weight excluding hydrogens is 228 g/mol. The highest BCUT2D eigenvalue weighted by atomic mass is 16.5. The standard InChI is InChI=1S/C14H24N2O2/c1-11(15-9-10-16(2)3)14(17)12-5-7-13(18-4)8-6-12/h5-8,11,14-15,17H,9-10H2,1-4H3. The van der Waals surface area contributed by atoms with Gasteiger partial charge in [0, 0.05) is 19.1 Å². The Kier molecular flexibility index (Phi) is 6.12. The van der Waals surface area contributed by atoms with Crippen LogP contribution in [0.15, 0.2) is 24.3 Å². The molecule has 0 heterocycles. The molecule has 1 rings (SSSR count). The Balaban J connectivity index is 2.48. The second-order valence-corrected chi connectivity index (χ2v) is 4.76. The predicted octanol–water partition coefficient (Wildman–Crippen LogP) is 1.27. The second kappa shape index (κ2) is 7.36. The zero-order valence-electron chi connectivity index (χ0n) is 11.7. The van der Waals surface area contributed by atoms with Crippen molar-refractivity contribution >= 4 is 0 Å². The molecule has 0 aliphatic carbocycles. The van der Waals surface area contributed by atoms with Crippen LogP contribution in [0.5, 0.6) is 5.75 Å². The van der Waals surface area contributed by atoms with Gasteiger partial charge in [0.1, 0.15) is 5.75 Å². The summed E-state index contributed by atoms with van der Waals surface area (Å²) in [5.41, 5.74) is 0.903. The molecule has 4 nitrogen and oxygen atoms in total. The number of nitrogens with one attached hydrogen (secondary N) is 1. The first kappa shape index (κ1) is 15.0. The van der Waals surface area contributed by atoms with E-state index in [1.807, 2.05) is 45.3 Å². The van der Waals surface area contributed by atoms with E-state index in [4.69, 9.17) is 4.74 Å². The number of ether oxygens (including phenoxy) is 1. The molecule has 0 saturated heterocycles. The number of nitrogens with zero attached hydrogens (tertiary/aromatic N) is 1. The molecule has 2 N–H and O–H groups in total. The molecule has 0 aliphatic rings. The molecule has 1 aromatic rings. The molecule has 0 spiro atoms. The number of methoxy groups -OCH3 is 1. The van der Waals surface area contributed by atoms with Gasteiger partial charge in [0.05, 0.1) is 13.2 Å². The van der Waals surface area contributed by atoms with E-state index in [0.29, 0.717) is 0 Å². The van der Waals surface area contributed by atoms with E-state index in [1.54, 1.807) is 7.11 Å². The van der Waals surface area contributed by atoms with Crippen LogP contribution in [0.3, 0.4) is 0 Å². The largest absolute Gasteiger partial charge is 0.497 e. The Morgan fingerprint density at radius 3 is 2.39 bits per heavy atom. The molecule has 0 saturated carbocycles. The maximum Gasteiger partial charge on any atom is 0.118 e. The molecular formula is C14H24N2O2. The fraction of sp³-hybridized carbons (Fsp3) is 0.571. The summed E-state index contributed by atoms with van der Waals surface area (Å²) >= 11 is 0. The molecule has 0 bridgehead atoms. The summed E-state index contributed by atoms with van der Waals surface area (Å²) < 4.78 is 5.10. The van der Waals surface area contributed by atoms with Crippen LogP contribution >= 0.6 is 0 Å². The molecule has 0 aromatic heterocycles. The highest BCUT2D eigenvalue weighted by Crippen LogP contribution is 2.19. The van der Waals surface area contributed by atoms with Gasteiger partial charge in [0.25, 0.3) is 0 Å². The summed E-state index contributed by atoms with van der Waals surface area (Å²) in [4.78, 5) is 2.11. The van der Waals surface area contributed by atoms with Crippen molar-refractivity contribution in [1.82, 2.24) is 10.2 Å². The smallest absolute Gasteiger partial charge is 0.118 e. The molecule has 18 heavy (non-hydrogen) atoms. The zero-order chi connectivity index (χ0) is 13.5. The summed E-state index contributed by atoms with van der Waals surface area (Å²) in [5, 5.41) is 13.5.